The summed E-state index contributed by atoms with van der Waals surface area (Å²) in [5, 5.41) is 16.7. The quantitative estimate of drug-likeness (QED) is 0.527. The fourth-order valence-electron chi connectivity index (χ4n) is 3.01. The lowest BCUT2D eigenvalue weighted by Gasteiger charge is -2.16. The standard InChI is InChI=1S/C17H19BrFN7O3/c1-8(2)22-17(27)29-11-7-28-15(13(11)19)10-5-12(25-24-10)23-16-14-9(18)6-21-26(14)4-3-20-16/h3-6,8,11,13,15H,7H2,1-2H3,(H,22,27)(H2,20,23,24,25)/t11-,13-,15-/m1/s1. The van der Waals surface area contributed by atoms with Crippen LogP contribution < -0.4 is 10.6 Å². The molecule has 10 nitrogen and oxygen atoms in total. The molecule has 1 aliphatic heterocycles. The summed E-state index contributed by atoms with van der Waals surface area (Å²) in [7, 11) is 0. The molecular weight excluding hydrogens is 449 g/mol. The van der Waals surface area contributed by atoms with Crippen LogP contribution in [0.4, 0.5) is 20.8 Å². The van der Waals surface area contributed by atoms with Gasteiger partial charge in [-0.1, -0.05) is 0 Å². The zero-order chi connectivity index (χ0) is 20.5. The van der Waals surface area contributed by atoms with E-state index >= 15 is 0 Å². The lowest BCUT2D eigenvalue weighted by molar-refractivity contribution is 0.0615. The van der Waals surface area contributed by atoms with Gasteiger partial charge in [-0.25, -0.2) is 18.7 Å². The molecule has 3 N–H and O–H groups in total. The van der Waals surface area contributed by atoms with Crippen molar-refractivity contribution in [3.05, 3.63) is 34.8 Å². The van der Waals surface area contributed by atoms with Gasteiger partial charge in [0.2, 0.25) is 0 Å². The van der Waals surface area contributed by atoms with Gasteiger partial charge in [0, 0.05) is 24.5 Å². The zero-order valence-corrected chi connectivity index (χ0v) is 17.2. The van der Waals surface area contributed by atoms with Gasteiger partial charge in [0.05, 0.1) is 23.0 Å². The van der Waals surface area contributed by atoms with Gasteiger partial charge in [-0.2, -0.15) is 10.2 Å². The third-order valence-corrected chi connectivity index (χ3v) is 4.87. The first-order chi connectivity index (χ1) is 13.9. The summed E-state index contributed by atoms with van der Waals surface area (Å²) in [6, 6.07) is 1.53. The number of hydrogen-bond acceptors (Lipinski definition) is 7. The van der Waals surface area contributed by atoms with Gasteiger partial charge < -0.3 is 20.1 Å². The minimum absolute atomic E-state index is 0.0389. The van der Waals surface area contributed by atoms with E-state index in [9.17, 15) is 9.18 Å². The van der Waals surface area contributed by atoms with Crippen molar-refractivity contribution < 1.29 is 18.7 Å². The maximum absolute atomic E-state index is 14.8. The van der Waals surface area contributed by atoms with Crippen molar-refractivity contribution >= 4 is 39.2 Å². The maximum Gasteiger partial charge on any atom is 0.407 e. The lowest BCUT2D eigenvalue weighted by Crippen LogP contribution is -2.36. The van der Waals surface area contributed by atoms with Crippen molar-refractivity contribution in [1.29, 1.82) is 0 Å². The Bertz CT molecular complexity index is 1020. The van der Waals surface area contributed by atoms with Crippen molar-refractivity contribution in [2.45, 2.75) is 38.3 Å². The maximum atomic E-state index is 14.8. The number of nitrogens with one attached hydrogen (secondary N) is 3. The smallest absolute Gasteiger partial charge is 0.407 e. The molecule has 3 aromatic heterocycles. The second-order valence-electron chi connectivity index (χ2n) is 6.84. The van der Waals surface area contributed by atoms with Gasteiger partial charge in [-0.3, -0.25) is 5.10 Å². The molecule has 0 saturated carbocycles. The Labute approximate surface area is 173 Å². The molecule has 0 spiro atoms. The summed E-state index contributed by atoms with van der Waals surface area (Å²) in [6.07, 6.45) is 0.882. The van der Waals surface area contributed by atoms with Crippen LogP contribution in [0, 0.1) is 0 Å². The predicted octanol–water partition coefficient (Wildman–Crippen LogP) is 2.87. The first-order valence-corrected chi connectivity index (χ1v) is 9.74. The Kier molecular flexibility index (Phi) is 5.37. The highest BCUT2D eigenvalue weighted by Gasteiger charge is 2.42. The summed E-state index contributed by atoms with van der Waals surface area (Å²) in [5.41, 5.74) is 1.16. The van der Waals surface area contributed by atoms with E-state index in [0.29, 0.717) is 17.3 Å². The summed E-state index contributed by atoms with van der Waals surface area (Å²) in [4.78, 5) is 16.0. The Hall–Kier alpha value is -2.73. The van der Waals surface area contributed by atoms with E-state index in [4.69, 9.17) is 9.47 Å². The highest BCUT2D eigenvalue weighted by atomic mass is 79.9. The highest BCUT2D eigenvalue weighted by Crippen LogP contribution is 2.34. The van der Waals surface area contributed by atoms with Gasteiger partial charge in [-0.15, -0.1) is 0 Å². The number of anilines is 2. The molecule has 0 aliphatic carbocycles. The number of carbonyl (C=O) groups excluding carboxylic acids is 1. The Balaban J connectivity index is 1.45. The van der Waals surface area contributed by atoms with E-state index in [1.807, 2.05) is 0 Å². The number of H-pyrrole nitrogens is 1. The SMILES string of the molecule is CC(C)NC(=O)O[C@@H]1CO[C@H](c2cc(Nc3nccn4ncc(Br)c34)n[nH]2)[C@@H]1F. The van der Waals surface area contributed by atoms with Gasteiger partial charge in [0.25, 0.3) is 0 Å². The first-order valence-electron chi connectivity index (χ1n) is 8.95. The Morgan fingerprint density at radius 1 is 1.52 bits per heavy atom. The summed E-state index contributed by atoms with van der Waals surface area (Å²) in [6.45, 7) is 3.54. The molecule has 0 radical (unpaired) electrons. The molecule has 3 atom stereocenters. The van der Waals surface area contributed by atoms with Gasteiger partial charge in [-0.05, 0) is 29.8 Å². The number of ether oxygens (including phenoxy) is 2. The number of rotatable bonds is 5. The number of aromatic nitrogens is 5. The van der Waals surface area contributed by atoms with E-state index in [1.165, 1.54) is 0 Å². The average Bonchev–Trinajstić information content (AvgIpc) is 3.36. The van der Waals surface area contributed by atoms with Crippen LogP contribution in [0.2, 0.25) is 0 Å². The average molecular weight is 468 g/mol. The topological polar surface area (TPSA) is 118 Å². The van der Waals surface area contributed by atoms with Gasteiger partial charge >= 0.3 is 6.09 Å². The second kappa shape index (κ2) is 7.95. The van der Waals surface area contributed by atoms with E-state index in [0.717, 1.165) is 9.99 Å². The van der Waals surface area contributed by atoms with Crippen molar-refractivity contribution in [3.63, 3.8) is 0 Å². The zero-order valence-electron chi connectivity index (χ0n) is 15.6. The van der Waals surface area contributed by atoms with Crippen LogP contribution >= 0.6 is 15.9 Å². The van der Waals surface area contributed by atoms with Crippen LogP contribution in [-0.2, 0) is 9.47 Å². The number of carbonyl (C=O) groups is 1. The minimum Gasteiger partial charge on any atom is -0.441 e. The summed E-state index contributed by atoms with van der Waals surface area (Å²) in [5.74, 6) is 0.969. The fraction of sp³-hybridized carbons (Fsp3) is 0.412. The largest absolute Gasteiger partial charge is 0.441 e. The number of hydrogen-bond donors (Lipinski definition) is 3. The molecule has 1 saturated heterocycles. The molecular formula is C17H19BrFN7O3. The molecule has 12 heteroatoms. The molecule has 154 valence electrons. The normalized spacial score (nSPS) is 21.6. The van der Waals surface area contributed by atoms with Gasteiger partial charge in [0.1, 0.15) is 11.6 Å². The molecule has 0 bridgehead atoms. The number of halogens is 2. The second-order valence-corrected chi connectivity index (χ2v) is 7.69. The molecule has 4 heterocycles. The Morgan fingerprint density at radius 2 is 2.34 bits per heavy atom. The highest BCUT2D eigenvalue weighted by molar-refractivity contribution is 9.10. The van der Waals surface area contributed by atoms with Crippen molar-refractivity contribution in [2.24, 2.45) is 0 Å². The lowest BCUT2D eigenvalue weighted by atomic mass is 10.1. The number of nitrogens with zero attached hydrogens (tertiary/aromatic N) is 4. The monoisotopic (exact) mass is 467 g/mol. The fourth-order valence-corrected chi connectivity index (χ4v) is 3.47. The van der Waals surface area contributed by atoms with E-state index < -0.39 is 24.5 Å². The number of alkyl halides is 1. The third kappa shape index (κ3) is 4.03. The van der Waals surface area contributed by atoms with E-state index in [2.05, 4.69) is 46.8 Å². The first kappa shape index (κ1) is 19.6. The van der Waals surface area contributed by atoms with Crippen LogP contribution in [0.1, 0.15) is 25.6 Å². The van der Waals surface area contributed by atoms with Crippen LogP contribution in [0.3, 0.4) is 0 Å². The van der Waals surface area contributed by atoms with Crippen molar-refractivity contribution in [3.8, 4) is 0 Å². The third-order valence-electron chi connectivity index (χ3n) is 4.29. The van der Waals surface area contributed by atoms with Gasteiger partial charge in [0.15, 0.2) is 23.9 Å². The van der Waals surface area contributed by atoms with E-state index in [-0.39, 0.29) is 12.6 Å². The van der Waals surface area contributed by atoms with Crippen LogP contribution in [0.5, 0.6) is 0 Å². The summed E-state index contributed by atoms with van der Waals surface area (Å²) >= 11 is 3.43. The van der Waals surface area contributed by atoms with Crippen LogP contribution in [-0.4, -0.2) is 55.8 Å². The molecule has 1 fully saturated rings. The molecule has 1 amide bonds. The molecule has 1 aliphatic rings. The minimum atomic E-state index is -1.52. The number of amides is 1. The summed E-state index contributed by atoms with van der Waals surface area (Å²) < 4.78 is 27.8. The molecule has 0 unspecified atom stereocenters. The molecule has 4 rings (SSSR count). The molecule has 29 heavy (non-hydrogen) atoms. The number of fused-ring (bicyclic) bond motifs is 1. The Morgan fingerprint density at radius 3 is 3.14 bits per heavy atom. The predicted molar refractivity (Wildman–Crippen MR) is 105 cm³/mol. The number of alkyl carbamates (subject to hydrolysis) is 1. The van der Waals surface area contributed by atoms with Crippen molar-refractivity contribution in [2.75, 3.05) is 11.9 Å². The van der Waals surface area contributed by atoms with Crippen LogP contribution in [0.15, 0.2) is 29.1 Å². The van der Waals surface area contributed by atoms with Crippen LogP contribution in [0.25, 0.3) is 5.52 Å². The number of aromatic amines is 1. The molecule has 0 aromatic carbocycles. The molecule has 3 aromatic rings. The van der Waals surface area contributed by atoms with E-state index in [1.54, 1.807) is 43.0 Å². The van der Waals surface area contributed by atoms with Crippen molar-refractivity contribution in [1.82, 2.24) is 30.1 Å².